The van der Waals surface area contributed by atoms with Crippen molar-refractivity contribution in [1.82, 2.24) is 25.0 Å². The van der Waals surface area contributed by atoms with Gasteiger partial charge in [-0.05, 0) is 51.0 Å². The molecule has 0 saturated heterocycles. The Balaban J connectivity index is 1.31. The molecule has 0 bridgehead atoms. The molecule has 5 rings (SSSR count). The molecule has 1 fully saturated rings. The summed E-state index contributed by atoms with van der Waals surface area (Å²) in [4.78, 5) is 0. The molecule has 32 heavy (non-hydrogen) atoms. The zero-order valence-corrected chi connectivity index (χ0v) is 19.3. The third-order valence-electron chi connectivity index (χ3n) is 5.21. The monoisotopic (exact) mass is 467 g/mol. The zero-order valence-electron chi connectivity index (χ0n) is 17.7. The lowest BCUT2D eigenvalue weighted by Crippen LogP contribution is -2.07. The SMILES string of the molecule is Cc1ccc(-c2nnc([C@H](C)Sc3nnc(COc4ccccc4Cl)n3C3CC3)o2)cc1. The zero-order chi connectivity index (χ0) is 22.1. The Hall–Kier alpha value is -2.84. The number of benzene rings is 2. The standard InChI is InChI=1S/C23H22ClN5O2S/c1-14-7-9-16(10-8-14)22-27-26-21(31-22)15(2)32-23-28-25-20(29(23)17-11-12-17)13-30-19-6-4-3-5-18(19)24/h3-10,15,17H,11-13H2,1-2H3/t15-/m0/s1. The third kappa shape index (κ3) is 4.52. The van der Waals surface area contributed by atoms with Crippen LogP contribution in [-0.2, 0) is 6.61 Å². The average Bonchev–Trinajstić information content (AvgIpc) is 3.36. The van der Waals surface area contributed by atoms with E-state index in [1.54, 1.807) is 17.8 Å². The summed E-state index contributed by atoms with van der Waals surface area (Å²) in [6.07, 6.45) is 2.22. The van der Waals surface area contributed by atoms with Crippen molar-refractivity contribution in [2.75, 3.05) is 0 Å². The van der Waals surface area contributed by atoms with E-state index in [1.807, 2.05) is 56.3 Å². The number of halogens is 1. The van der Waals surface area contributed by atoms with E-state index in [9.17, 15) is 0 Å². The quantitative estimate of drug-likeness (QED) is 0.291. The lowest BCUT2D eigenvalue weighted by atomic mass is 10.1. The van der Waals surface area contributed by atoms with Gasteiger partial charge in [0.15, 0.2) is 11.0 Å². The molecule has 0 aliphatic heterocycles. The van der Waals surface area contributed by atoms with Crippen LogP contribution in [0.5, 0.6) is 5.75 Å². The predicted octanol–water partition coefficient (Wildman–Crippen LogP) is 6.06. The van der Waals surface area contributed by atoms with Crippen LogP contribution in [0, 0.1) is 6.92 Å². The van der Waals surface area contributed by atoms with Crippen molar-refractivity contribution in [2.45, 2.75) is 49.7 Å². The summed E-state index contributed by atoms with van der Waals surface area (Å²) in [7, 11) is 0. The Bertz CT molecular complexity index is 1220. The van der Waals surface area contributed by atoms with Crippen LogP contribution in [0.4, 0.5) is 0 Å². The van der Waals surface area contributed by atoms with Gasteiger partial charge in [-0.1, -0.05) is 53.2 Å². The molecule has 1 atom stereocenters. The fourth-order valence-electron chi connectivity index (χ4n) is 3.31. The highest BCUT2D eigenvalue weighted by molar-refractivity contribution is 7.99. The van der Waals surface area contributed by atoms with Gasteiger partial charge in [0.25, 0.3) is 0 Å². The molecule has 164 valence electrons. The van der Waals surface area contributed by atoms with Crippen LogP contribution >= 0.6 is 23.4 Å². The van der Waals surface area contributed by atoms with Crippen molar-refractivity contribution >= 4 is 23.4 Å². The molecule has 0 radical (unpaired) electrons. The van der Waals surface area contributed by atoms with E-state index in [-0.39, 0.29) is 5.25 Å². The first-order chi connectivity index (χ1) is 15.6. The number of aryl methyl sites for hydroxylation is 1. The highest BCUT2D eigenvalue weighted by Crippen LogP contribution is 2.42. The van der Waals surface area contributed by atoms with Crippen LogP contribution in [0.3, 0.4) is 0 Å². The fourth-order valence-corrected chi connectivity index (χ4v) is 4.47. The van der Waals surface area contributed by atoms with E-state index in [4.69, 9.17) is 20.8 Å². The topological polar surface area (TPSA) is 78.9 Å². The Morgan fingerprint density at radius 1 is 1.09 bits per heavy atom. The van der Waals surface area contributed by atoms with Crippen LogP contribution in [0.15, 0.2) is 58.1 Å². The molecule has 1 saturated carbocycles. The van der Waals surface area contributed by atoms with Crippen molar-refractivity contribution in [3.63, 3.8) is 0 Å². The van der Waals surface area contributed by atoms with E-state index in [2.05, 4.69) is 25.0 Å². The van der Waals surface area contributed by atoms with Gasteiger partial charge in [0.1, 0.15) is 12.4 Å². The highest BCUT2D eigenvalue weighted by Gasteiger charge is 2.31. The second kappa shape index (κ2) is 8.96. The van der Waals surface area contributed by atoms with Crippen LogP contribution in [-0.4, -0.2) is 25.0 Å². The molecule has 0 spiro atoms. The molecule has 7 nitrogen and oxygen atoms in total. The number of nitrogens with zero attached hydrogens (tertiary/aromatic N) is 5. The Morgan fingerprint density at radius 3 is 2.62 bits per heavy atom. The number of thioether (sulfide) groups is 1. The lowest BCUT2D eigenvalue weighted by Gasteiger charge is -2.12. The summed E-state index contributed by atoms with van der Waals surface area (Å²) < 4.78 is 14.0. The van der Waals surface area contributed by atoms with Crippen molar-refractivity contribution in [2.24, 2.45) is 0 Å². The molecule has 2 aromatic carbocycles. The molecule has 2 heterocycles. The lowest BCUT2D eigenvalue weighted by molar-refractivity contribution is 0.288. The van der Waals surface area contributed by atoms with Gasteiger partial charge >= 0.3 is 0 Å². The molecule has 1 aliphatic rings. The molecule has 9 heteroatoms. The molecule has 0 amide bonds. The highest BCUT2D eigenvalue weighted by atomic mass is 35.5. The molecular formula is C23H22ClN5O2S. The molecule has 0 unspecified atom stereocenters. The Labute approximate surface area is 195 Å². The first-order valence-electron chi connectivity index (χ1n) is 10.5. The van der Waals surface area contributed by atoms with Gasteiger partial charge in [0, 0.05) is 11.6 Å². The van der Waals surface area contributed by atoms with Crippen molar-refractivity contribution in [1.29, 1.82) is 0 Å². The van der Waals surface area contributed by atoms with E-state index < -0.39 is 0 Å². The smallest absolute Gasteiger partial charge is 0.247 e. The number of hydrogen-bond donors (Lipinski definition) is 0. The van der Waals surface area contributed by atoms with Gasteiger partial charge in [-0.25, -0.2) is 0 Å². The largest absolute Gasteiger partial charge is 0.484 e. The molecule has 0 N–H and O–H groups in total. The van der Waals surface area contributed by atoms with E-state index in [0.717, 1.165) is 29.4 Å². The Kier molecular flexibility index (Phi) is 5.89. The molecule has 4 aromatic rings. The third-order valence-corrected chi connectivity index (χ3v) is 6.57. The summed E-state index contributed by atoms with van der Waals surface area (Å²) in [5.74, 6) is 2.50. The van der Waals surface area contributed by atoms with Crippen LogP contribution in [0.2, 0.25) is 5.02 Å². The van der Waals surface area contributed by atoms with Crippen molar-refractivity contribution in [3.8, 4) is 17.2 Å². The normalized spacial score (nSPS) is 14.5. The van der Waals surface area contributed by atoms with Crippen LogP contribution < -0.4 is 4.74 Å². The van der Waals surface area contributed by atoms with Gasteiger partial charge in [0.2, 0.25) is 11.8 Å². The minimum Gasteiger partial charge on any atom is -0.484 e. The maximum atomic E-state index is 6.21. The summed E-state index contributed by atoms with van der Waals surface area (Å²) >= 11 is 7.77. The summed E-state index contributed by atoms with van der Waals surface area (Å²) in [6.45, 7) is 4.38. The fraction of sp³-hybridized carbons (Fsp3) is 0.304. The minimum absolute atomic E-state index is 0.0688. The molecule has 2 aromatic heterocycles. The van der Waals surface area contributed by atoms with Gasteiger partial charge < -0.3 is 9.15 Å². The second-order valence-electron chi connectivity index (χ2n) is 7.79. The maximum absolute atomic E-state index is 6.21. The average molecular weight is 468 g/mol. The number of hydrogen-bond acceptors (Lipinski definition) is 7. The maximum Gasteiger partial charge on any atom is 0.247 e. The first kappa shape index (κ1) is 21.0. The first-order valence-corrected chi connectivity index (χ1v) is 11.7. The number of aromatic nitrogens is 5. The van der Waals surface area contributed by atoms with Crippen LogP contribution in [0.25, 0.3) is 11.5 Å². The number of para-hydroxylation sites is 1. The molecular weight excluding hydrogens is 446 g/mol. The van der Waals surface area contributed by atoms with E-state index in [1.165, 1.54) is 5.56 Å². The summed E-state index contributed by atoms with van der Waals surface area (Å²) in [6, 6.07) is 15.8. The second-order valence-corrected chi connectivity index (χ2v) is 9.51. The summed E-state index contributed by atoms with van der Waals surface area (Å²) in [5, 5.41) is 18.6. The van der Waals surface area contributed by atoms with Crippen molar-refractivity contribution < 1.29 is 9.15 Å². The number of ether oxygens (including phenoxy) is 1. The van der Waals surface area contributed by atoms with Gasteiger partial charge in [-0.15, -0.1) is 20.4 Å². The van der Waals surface area contributed by atoms with Gasteiger partial charge in [-0.3, -0.25) is 4.57 Å². The van der Waals surface area contributed by atoms with Crippen LogP contribution in [0.1, 0.15) is 48.3 Å². The predicted molar refractivity (Wildman–Crippen MR) is 123 cm³/mol. The Morgan fingerprint density at radius 2 is 1.88 bits per heavy atom. The van der Waals surface area contributed by atoms with E-state index >= 15 is 0 Å². The van der Waals surface area contributed by atoms with E-state index in [0.29, 0.717) is 35.2 Å². The summed E-state index contributed by atoms with van der Waals surface area (Å²) in [5.41, 5.74) is 2.10. The van der Waals surface area contributed by atoms with Gasteiger partial charge in [0.05, 0.1) is 10.3 Å². The minimum atomic E-state index is -0.0688. The van der Waals surface area contributed by atoms with Gasteiger partial charge in [-0.2, -0.15) is 0 Å². The van der Waals surface area contributed by atoms with Crippen molar-refractivity contribution in [3.05, 3.63) is 70.8 Å². The molecule has 1 aliphatic carbocycles. The number of rotatable bonds is 8.